The minimum atomic E-state index is -0.672. The highest BCUT2D eigenvalue weighted by atomic mass is 32.1. The molecule has 1 aromatic heterocycles. The molecule has 0 radical (unpaired) electrons. The van der Waals surface area contributed by atoms with Crippen molar-refractivity contribution in [3.8, 4) is 0 Å². The molecule has 154 valence electrons. The van der Waals surface area contributed by atoms with Gasteiger partial charge in [-0.05, 0) is 43.4 Å². The normalized spacial score (nSPS) is 28.2. The molecule has 6 heteroatoms. The van der Waals surface area contributed by atoms with Crippen molar-refractivity contribution in [1.82, 2.24) is 4.90 Å². The van der Waals surface area contributed by atoms with Crippen LogP contribution in [0.3, 0.4) is 0 Å². The second-order valence-electron chi connectivity index (χ2n) is 8.41. The molecular weight excluding hydrogens is 396 g/mol. The van der Waals surface area contributed by atoms with Gasteiger partial charge in [0.2, 0.25) is 11.8 Å². The summed E-state index contributed by atoms with van der Waals surface area (Å²) in [7, 11) is 0. The fourth-order valence-corrected chi connectivity index (χ4v) is 6.00. The number of hydrogen-bond donors (Lipinski definition) is 0. The van der Waals surface area contributed by atoms with Crippen molar-refractivity contribution in [3.05, 3.63) is 58.3 Å². The van der Waals surface area contributed by atoms with Crippen LogP contribution < -0.4 is 4.90 Å². The van der Waals surface area contributed by atoms with E-state index in [1.807, 2.05) is 61.4 Å². The lowest BCUT2D eigenvalue weighted by Gasteiger charge is -2.38. The van der Waals surface area contributed by atoms with Crippen LogP contribution in [0.2, 0.25) is 0 Å². The van der Waals surface area contributed by atoms with E-state index in [1.165, 1.54) is 16.2 Å². The van der Waals surface area contributed by atoms with Gasteiger partial charge in [0.05, 0.1) is 22.8 Å². The summed E-state index contributed by atoms with van der Waals surface area (Å²) in [6.07, 6.45) is 2.78. The Bertz CT molecular complexity index is 1070. The predicted molar refractivity (Wildman–Crippen MR) is 117 cm³/mol. The van der Waals surface area contributed by atoms with E-state index in [0.717, 1.165) is 16.8 Å². The lowest BCUT2D eigenvalue weighted by atomic mass is 9.86. The number of carbonyl (C=O) groups excluding carboxylic acids is 3. The molecule has 2 aromatic rings. The standard InChI is InChI=1S/C24H24N2O3S/c1-4-14(3)25-23(28)19-17-12-13(2)15-8-5-6-9-16(15)26(17)21(20(19)24(25)29)22(27)18-10-7-11-30-18/h5-12,14,17,19-21H,4H2,1-3H3/t14-,17+,19-,20+,21+/m0/s1. The summed E-state index contributed by atoms with van der Waals surface area (Å²) < 4.78 is 0. The Balaban J connectivity index is 1.69. The van der Waals surface area contributed by atoms with E-state index in [4.69, 9.17) is 0 Å². The van der Waals surface area contributed by atoms with Crippen LogP contribution in [0, 0.1) is 11.8 Å². The molecule has 0 unspecified atom stereocenters. The Hall–Kier alpha value is -2.73. The Morgan fingerprint density at radius 2 is 1.83 bits per heavy atom. The number of ketones is 1. The van der Waals surface area contributed by atoms with Crippen LogP contribution in [0.5, 0.6) is 0 Å². The average molecular weight is 421 g/mol. The number of likely N-dealkylation sites (tertiary alicyclic amines) is 1. The first-order valence-corrected chi connectivity index (χ1v) is 11.3. The number of imide groups is 1. The smallest absolute Gasteiger partial charge is 0.236 e. The number of thiophene rings is 1. The highest BCUT2D eigenvalue weighted by Crippen LogP contribution is 2.50. The number of rotatable bonds is 4. The van der Waals surface area contributed by atoms with Gasteiger partial charge >= 0.3 is 0 Å². The van der Waals surface area contributed by atoms with Crippen LogP contribution in [0.25, 0.3) is 5.57 Å². The van der Waals surface area contributed by atoms with Crippen LogP contribution in [-0.4, -0.2) is 40.6 Å². The number of hydrogen-bond acceptors (Lipinski definition) is 5. The number of amides is 2. The number of fused-ring (bicyclic) bond motifs is 5. The molecule has 0 N–H and O–H groups in total. The fraction of sp³-hybridized carbons (Fsp3) is 0.375. The maximum Gasteiger partial charge on any atom is 0.236 e. The zero-order valence-electron chi connectivity index (χ0n) is 17.2. The van der Waals surface area contributed by atoms with Crippen LogP contribution in [0.4, 0.5) is 5.69 Å². The number of carbonyl (C=O) groups is 3. The Kier molecular flexibility index (Phi) is 4.43. The number of para-hydroxylation sites is 1. The molecule has 0 aliphatic carbocycles. The van der Waals surface area contributed by atoms with Gasteiger partial charge in [0.15, 0.2) is 5.78 Å². The molecule has 0 spiro atoms. The molecule has 3 aliphatic rings. The summed E-state index contributed by atoms with van der Waals surface area (Å²) >= 11 is 1.39. The topological polar surface area (TPSA) is 57.7 Å². The van der Waals surface area contributed by atoms with Crippen LogP contribution in [0.15, 0.2) is 47.9 Å². The van der Waals surface area contributed by atoms with Crippen LogP contribution >= 0.6 is 11.3 Å². The van der Waals surface area contributed by atoms with E-state index < -0.39 is 17.9 Å². The van der Waals surface area contributed by atoms with Gasteiger partial charge in [-0.2, -0.15) is 0 Å². The molecule has 5 atom stereocenters. The summed E-state index contributed by atoms with van der Waals surface area (Å²) in [6.45, 7) is 5.91. The summed E-state index contributed by atoms with van der Waals surface area (Å²) in [5.41, 5.74) is 3.07. The van der Waals surface area contributed by atoms with Crippen molar-refractivity contribution in [2.75, 3.05) is 4.90 Å². The second-order valence-corrected chi connectivity index (χ2v) is 9.35. The zero-order valence-corrected chi connectivity index (χ0v) is 18.1. The van der Waals surface area contributed by atoms with Crippen molar-refractivity contribution < 1.29 is 14.4 Å². The van der Waals surface area contributed by atoms with E-state index in [0.29, 0.717) is 11.3 Å². The predicted octanol–water partition coefficient (Wildman–Crippen LogP) is 4.00. The molecule has 4 heterocycles. The van der Waals surface area contributed by atoms with Gasteiger partial charge < -0.3 is 4.90 Å². The van der Waals surface area contributed by atoms with Crippen molar-refractivity contribution in [1.29, 1.82) is 0 Å². The molecule has 30 heavy (non-hydrogen) atoms. The first-order chi connectivity index (χ1) is 14.5. The maximum absolute atomic E-state index is 13.7. The van der Waals surface area contributed by atoms with E-state index in [2.05, 4.69) is 6.08 Å². The molecular formula is C24H24N2O3S. The lowest BCUT2D eigenvalue weighted by molar-refractivity contribution is -0.142. The first-order valence-electron chi connectivity index (χ1n) is 10.5. The van der Waals surface area contributed by atoms with Gasteiger partial charge in [-0.15, -0.1) is 11.3 Å². The van der Waals surface area contributed by atoms with E-state index in [1.54, 1.807) is 6.07 Å². The third-order valence-electron chi connectivity index (χ3n) is 6.85. The molecule has 5 rings (SSSR count). The zero-order chi connectivity index (χ0) is 21.2. The van der Waals surface area contributed by atoms with Gasteiger partial charge in [-0.1, -0.05) is 37.3 Å². The number of anilines is 1. The summed E-state index contributed by atoms with van der Waals surface area (Å²) in [4.78, 5) is 44.8. The number of Topliss-reactive ketones (excluding diaryl/α,β-unsaturated/α-hetero) is 1. The fourth-order valence-electron chi connectivity index (χ4n) is 5.30. The summed E-state index contributed by atoms with van der Waals surface area (Å²) in [5, 5.41) is 1.87. The molecule has 5 nitrogen and oxygen atoms in total. The van der Waals surface area contributed by atoms with Crippen molar-refractivity contribution in [2.45, 2.75) is 45.3 Å². The quantitative estimate of drug-likeness (QED) is 0.554. The SMILES string of the molecule is CC[C@H](C)N1C(=O)[C@@H]2[C@@H](C1=O)[C@H](C(=O)c1cccs1)N1c3ccccc3C(C)=C[C@H]21. The Morgan fingerprint density at radius 1 is 1.10 bits per heavy atom. The molecule has 2 amide bonds. The molecule has 2 fully saturated rings. The van der Waals surface area contributed by atoms with Crippen LogP contribution in [0.1, 0.15) is 42.4 Å². The molecule has 2 saturated heterocycles. The van der Waals surface area contributed by atoms with Crippen molar-refractivity contribution in [2.24, 2.45) is 11.8 Å². The third kappa shape index (κ3) is 2.49. The largest absolute Gasteiger partial charge is 0.352 e. The van der Waals surface area contributed by atoms with E-state index >= 15 is 0 Å². The van der Waals surface area contributed by atoms with Gasteiger partial charge in [0, 0.05) is 17.3 Å². The van der Waals surface area contributed by atoms with Gasteiger partial charge in [-0.25, -0.2) is 0 Å². The molecule has 0 saturated carbocycles. The molecule has 3 aliphatic heterocycles. The highest BCUT2D eigenvalue weighted by Gasteiger charge is 2.64. The third-order valence-corrected chi connectivity index (χ3v) is 7.74. The Morgan fingerprint density at radius 3 is 2.53 bits per heavy atom. The van der Waals surface area contributed by atoms with E-state index in [9.17, 15) is 14.4 Å². The summed E-state index contributed by atoms with van der Waals surface area (Å²) in [5.74, 6) is -1.59. The maximum atomic E-state index is 13.7. The van der Waals surface area contributed by atoms with Crippen molar-refractivity contribution >= 4 is 40.2 Å². The van der Waals surface area contributed by atoms with Crippen LogP contribution in [-0.2, 0) is 9.59 Å². The van der Waals surface area contributed by atoms with Gasteiger partial charge in [0.1, 0.15) is 6.04 Å². The lowest BCUT2D eigenvalue weighted by Crippen LogP contribution is -2.50. The minimum absolute atomic E-state index is 0.0718. The second kappa shape index (κ2) is 6.91. The Labute approximate surface area is 180 Å². The minimum Gasteiger partial charge on any atom is -0.352 e. The molecule has 1 aromatic carbocycles. The van der Waals surface area contributed by atoms with Gasteiger partial charge in [-0.3, -0.25) is 19.3 Å². The number of allylic oxidation sites excluding steroid dienone is 1. The summed E-state index contributed by atoms with van der Waals surface area (Å²) in [6, 6.07) is 10.5. The number of nitrogens with zero attached hydrogens (tertiary/aromatic N) is 2. The highest BCUT2D eigenvalue weighted by molar-refractivity contribution is 7.12. The van der Waals surface area contributed by atoms with Crippen molar-refractivity contribution in [3.63, 3.8) is 0 Å². The monoisotopic (exact) mass is 420 g/mol. The molecule has 0 bridgehead atoms. The number of benzene rings is 1. The average Bonchev–Trinajstić information content (AvgIpc) is 3.44. The van der Waals surface area contributed by atoms with E-state index in [-0.39, 0.29) is 29.7 Å². The van der Waals surface area contributed by atoms with Gasteiger partial charge in [0.25, 0.3) is 0 Å². The first kappa shape index (κ1) is 19.2.